The summed E-state index contributed by atoms with van der Waals surface area (Å²) in [6.45, 7) is 3.06. The summed E-state index contributed by atoms with van der Waals surface area (Å²) in [6.07, 6.45) is 0.0421. The van der Waals surface area contributed by atoms with Crippen LogP contribution in [0, 0.1) is 12.1 Å². The molecule has 3 N–H and O–H groups in total. The summed E-state index contributed by atoms with van der Waals surface area (Å²) >= 11 is 0. The van der Waals surface area contributed by atoms with Crippen LogP contribution in [0.5, 0.6) is 0 Å². The number of hydrogen-bond acceptors (Lipinski definition) is 7. The Hall–Kier alpha value is -2.62. The molecule has 3 atom stereocenters. The monoisotopic (exact) mass is 382 g/mol. The SMILES string of the molecule is Cc1cccc(-c2noc([C@H]3C[C@@H](O)CN3Cc3ccc([NH+]([O-])O)cc3)n2)c1. The molecule has 0 bridgehead atoms. The van der Waals surface area contributed by atoms with E-state index in [1.54, 1.807) is 24.3 Å². The van der Waals surface area contributed by atoms with Gasteiger partial charge in [-0.2, -0.15) is 10.2 Å². The second-order valence-corrected chi connectivity index (χ2v) is 7.16. The molecule has 1 saturated heterocycles. The lowest BCUT2D eigenvalue weighted by Gasteiger charge is -2.21. The number of aliphatic hydroxyl groups is 1. The summed E-state index contributed by atoms with van der Waals surface area (Å²) < 4.78 is 5.52. The number of rotatable bonds is 5. The fourth-order valence-electron chi connectivity index (χ4n) is 3.57. The number of nitrogens with one attached hydrogen (secondary N) is 1. The van der Waals surface area contributed by atoms with Crippen LogP contribution in [0.15, 0.2) is 53.1 Å². The van der Waals surface area contributed by atoms with Gasteiger partial charge in [0.05, 0.1) is 12.1 Å². The number of likely N-dealkylation sites (tertiary alicyclic amines) is 1. The number of quaternary nitrogens is 1. The smallest absolute Gasteiger partial charge is 0.244 e. The molecule has 3 aromatic rings. The van der Waals surface area contributed by atoms with Crippen LogP contribution in [0.25, 0.3) is 11.4 Å². The number of hydrogen-bond donors (Lipinski definition) is 3. The first-order chi connectivity index (χ1) is 13.5. The van der Waals surface area contributed by atoms with Crippen LogP contribution in [0.2, 0.25) is 0 Å². The number of aliphatic hydroxyl groups excluding tert-OH is 1. The first-order valence-electron chi connectivity index (χ1n) is 9.14. The van der Waals surface area contributed by atoms with Gasteiger partial charge in [0.25, 0.3) is 0 Å². The number of nitrogens with zero attached hydrogens (tertiary/aromatic N) is 3. The zero-order chi connectivity index (χ0) is 19.7. The topological polar surface area (TPSA) is 110 Å². The van der Waals surface area contributed by atoms with E-state index in [0.29, 0.717) is 31.2 Å². The molecule has 0 saturated carbocycles. The molecule has 28 heavy (non-hydrogen) atoms. The van der Waals surface area contributed by atoms with Crippen molar-refractivity contribution in [3.05, 3.63) is 70.8 Å². The van der Waals surface area contributed by atoms with Crippen molar-refractivity contribution in [2.75, 3.05) is 6.54 Å². The highest BCUT2D eigenvalue weighted by Gasteiger charge is 2.36. The first kappa shape index (κ1) is 18.7. The average Bonchev–Trinajstić information content (AvgIpc) is 3.29. The lowest BCUT2D eigenvalue weighted by atomic mass is 10.1. The molecule has 0 amide bonds. The third-order valence-corrected chi connectivity index (χ3v) is 4.97. The van der Waals surface area contributed by atoms with E-state index >= 15 is 0 Å². The van der Waals surface area contributed by atoms with Gasteiger partial charge < -0.3 is 14.8 Å². The van der Waals surface area contributed by atoms with Crippen LogP contribution in [0.4, 0.5) is 5.69 Å². The maximum Gasteiger partial charge on any atom is 0.244 e. The van der Waals surface area contributed by atoms with Crippen molar-refractivity contribution >= 4 is 5.69 Å². The molecule has 4 rings (SSSR count). The van der Waals surface area contributed by atoms with Crippen molar-refractivity contribution in [2.24, 2.45) is 0 Å². The van der Waals surface area contributed by atoms with Gasteiger partial charge in [-0.25, -0.2) is 5.21 Å². The minimum Gasteiger partial charge on any atom is -0.595 e. The van der Waals surface area contributed by atoms with Gasteiger partial charge in [0.2, 0.25) is 11.7 Å². The lowest BCUT2D eigenvalue weighted by molar-refractivity contribution is -0.991. The lowest BCUT2D eigenvalue weighted by Crippen LogP contribution is -2.99. The fourth-order valence-corrected chi connectivity index (χ4v) is 3.57. The Morgan fingerprint density at radius 3 is 2.75 bits per heavy atom. The Morgan fingerprint density at radius 1 is 1.25 bits per heavy atom. The van der Waals surface area contributed by atoms with E-state index in [1.807, 2.05) is 31.2 Å². The van der Waals surface area contributed by atoms with Crippen LogP contribution in [0.3, 0.4) is 0 Å². The molecule has 8 nitrogen and oxygen atoms in total. The van der Waals surface area contributed by atoms with Crippen LogP contribution >= 0.6 is 0 Å². The standard InChI is InChI=1S/C20H22N4O4/c1-13-3-2-4-15(9-13)19-21-20(28-22-19)18-10-17(25)12-23(18)11-14-5-7-16(8-6-14)24(26)27/h2-9,17-18,24-26H,10-12H2,1H3/t17-,18-/m1/s1. The third-order valence-electron chi connectivity index (χ3n) is 4.97. The predicted molar refractivity (Wildman–Crippen MR) is 100 cm³/mol. The highest BCUT2D eigenvalue weighted by molar-refractivity contribution is 5.55. The summed E-state index contributed by atoms with van der Waals surface area (Å²) in [5, 5.41) is 33.4. The Balaban J connectivity index is 1.53. The third kappa shape index (κ3) is 3.96. The molecular weight excluding hydrogens is 360 g/mol. The minimum atomic E-state index is -0.949. The van der Waals surface area contributed by atoms with Gasteiger partial charge in [-0.15, -0.1) is 0 Å². The van der Waals surface area contributed by atoms with E-state index in [2.05, 4.69) is 15.0 Å². The van der Waals surface area contributed by atoms with Crippen LogP contribution in [0.1, 0.15) is 29.5 Å². The highest BCUT2D eigenvalue weighted by atomic mass is 16.8. The van der Waals surface area contributed by atoms with Crippen molar-refractivity contribution in [1.29, 1.82) is 0 Å². The van der Waals surface area contributed by atoms with E-state index in [1.165, 1.54) is 0 Å². The molecule has 0 aliphatic carbocycles. The van der Waals surface area contributed by atoms with Gasteiger partial charge in [-0.3, -0.25) is 4.90 Å². The van der Waals surface area contributed by atoms with Crippen molar-refractivity contribution in [2.45, 2.75) is 32.0 Å². The van der Waals surface area contributed by atoms with Crippen LogP contribution in [-0.2, 0) is 6.54 Å². The molecule has 0 spiro atoms. The molecule has 1 aliphatic rings. The molecular formula is C20H22N4O4. The zero-order valence-electron chi connectivity index (χ0n) is 15.4. The van der Waals surface area contributed by atoms with E-state index in [9.17, 15) is 10.3 Å². The van der Waals surface area contributed by atoms with Gasteiger partial charge in [-0.1, -0.05) is 41.1 Å². The Bertz CT molecular complexity index is 941. The summed E-state index contributed by atoms with van der Waals surface area (Å²) in [4.78, 5) is 6.64. The molecule has 1 aliphatic heterocycles. The van der Waals surface area contributed by atoms with Crippen molar-refractivity contribution in [1.82, 2.24) is 15.0 Å². The summed E-state index contributed by atoms with van der Waals surface area (Å²) in [5.41, 5.74) is 3.22. The van der Waals surface area contributed by atoms with Crippen molar-refractivity contribution < 1.29 is 20.1 Å². The summed E-state index contributed by atoms with van der Waals surface area (Å²) in [5.74, 6) is 1.01. The molecule has 2 heterocycles. The molecule has 0 radical (unpaired) electrons. The molecule has 146 valence electrons. The minimum absolute atomic E-state index is 0.180. The summed E-state index contributed by atoms with van der Waals surface area (Å²) in [6, 6.07) is 14.5. The van der Waals surface area contributed by atoms with Gasteiger partial charge in [-0.05, 0) is 25.0 Å². The Labute approximate surface area is 162 Å². The number of aromatic nitrogens is 2. The number of β-amino-alcohol motifs (C(OH)–C–C–N with tert-alkyl or cyclic N) is 1. The molecule has 1 fully saturated rings. The van der Waals surface area contributed by atoms with E-state index in [-0.39, 0.29) is 11.7 Å². The van der Waals surface area contributed by atoms with Gasteiger partial charge >= 0.3 is 0 Å². The zero-order valence-corrected chi connectivity index (χ0v) is 15.4. The first-order valence-corrected chi connectivity index (χ1v) is 9.14. The van der Waals surface area contributed by atoms with Gasteiger partial charge in [0.1, 0.15) is 0 Å². The van der Waals surface area contributed by atoms with Crippen LogP contribution < -0.4 is 5.23 Å². The van der Waals surface area contributed by atoms with E-state index in [0.717, 1.165) is 16.7 Å². The van der Waals surface area contributed by atoms with E-state index in [4.69, 9.17) is 9.73 Å². The maximum atomic E-state index is 11.0. The van der Waals surface area contributed by atoms with Crippen LogP contribution in [-0.4, -0.2) is 38.0 Å². The molecule has 8 heteroatoms. The normalized spacial score (nSPS) is 21.1. The van der Waals surface area contributed by atoms with Crippen molar-refractivity contribution in [3.8, 4) is 11.4 Å². The van der Waals surface area contributed by atoms with Gasteiger partial charge in [0.15, 0.2) is 5.69 Å². The average molecular weight is 382 g/mol. The van der Waals surface area contributed by atoms with Crippen molar-refractivity contribution in [3.63, 3.8) is 0 Å². The number of aryl methyl sites for hydroxylation is 1. The Morgan fingerprint density at radius 2 is 2.04 bits per heavy atom. The summed E-state index contributed by atoms with van der Waals surface area (Å²) in [7, 11) is 0. The molecule has 1 aromatic heterocycles. The highest BCUT2D eigenvalue weighted by Crippen LogP contribution is 2.33. The Kier molecular flexibility index (Phi) is 5.21. The second kappa shape index (κ2) is 7.78. The quantitative estimate of drug-likeness (QED) is 0.577. The predicted octanol–water partition coefficient (Wildman–Crippen LogP) is 1.76. The number of benzene rings is 2. The fraction of sp³-hybridized carbons (Fsp3) is 0.300. The molecule has 2 aromatic carbocycles. The second-order valence-electron chi connectivity index (χ2n) is 7.16. The van der Waals surface area contributed by atoms with E-state index < -0.39 is 11.3 Å². The molecule has 1 unspecified atom stereocenters. The van der Waals surface area contributed by atoms with Gasteiger partial charge in [0, 0.05) is 30.8 Å². The largest absolute Gasteiger partial charge is 0.595 e. The maximum absolute atomic E-state index is 11.0.